The van der Waals surface area contributed by atoms with Crippen molar-refractivity contribution in [2.45, 2.75) is 46.5 Å². The first-order chi connectivity index (χ1) is 8.99. The van der Waals surface area contributed by atoms with E-state index < -0.39 is 6.03 Å². The lowest BCUT2D eigenvalue weighted by atomic mass is 9.80. The van der Waals surface area contributed by atoms with Crippen molar-refractivity contribution in [1.29, 1.82) is 0 Å². The van der Waals surface area contributed by atoms with Gasteiger partial charge in [0.15, 0.2) is 0 Å². The van der Waals surface area contributed by atoms with Crippen molar-refractivity contribution in [3.05, 3.63) is 23.3 Å². The number of hydrogen-bond donors (Lipinski definition) is 2. The van der Waals surface area contributed by atoms with Gasteiger partial charge in [-0.05, 0) is 45.4 Å². The van der Waals surface area contributed by atoms with Crippen molar-refractivity contribution in [2.24, 2.45) is 22.7 Å². The molecule has 4 heteroatoms. The van der Waals surface area contributed by atoms with Crippen molar-refractivity contribution in [3.8, 4) is 0 Å². The van der Waals surface area contributed by atoms with E-state index in [0.717, 1.165) is 25.7 Å². The van der Waals surface area contributed by atoms with Crippen LogP contribution in [0.4, 0.5) is 4.79 Å². The van der Waals surface area contributed by atoms with Crippen LogP contribution in [0.25, 0.3) is 0 Å². The zero-order valence-electron chi connectivity index (χ0n) is 12.1. The van der Waals surface area contributed by atoms with Crippen LogP contribution in [0.5, 0.6) is 0 Å². The Hall–Kier alpha value is -1.58. The van der Waals surface area contributed by atoms with Crippen LogP contribution >= 0.6 is 0 Å². The molecular formula is C15H25N3O. The number of hydrazone groups is 1. The number of primary amides is 1. The van der Waals surface area contributed by atoms with Gasteiger partial charge in [-0.1, -0.05) is 30.2 Å². The van der Waals surface area contributed by atoms with Gasteiger partial charge in [-0.3, -0.25) is 0 Å². The third-order valence-electron chi connectivity index (χ3n) is 3.45. The second-order valence-corrected chi connectivity index (χ2v) is 5.52. The Bertz CT molecular complexity index is 392. The Morgan fingerprint density at radius 3 is 2.89 bits per heavy atom. The van der Waals surface area contributed by atoms with Crippen LogP contribution in [-0.2, 0) is 0 Å². The molecule has 0 unspecified atom stereocenters. The van der Waals surface area contributed by atoms with Crippen LogP contribution in [0.2, 0.25) is 0 Å². The Kier molecular flexibility index (Phi) is 6.33. The smallest absolute Gasteiger partial charge is 0.332 e. The van der Waals surface area contributed by atoms with E-state index in [4.69, 9.17) is 5.73 Å². The molecule has 0 aromatic carbocycles. The van der Waals surface area contributed by atoms with Gasteiger partial charge < -0.3 is 5.73 Å². The number of nitrogens with zero attached hydrogens (tertiary/aromatic N) is 1. The third kappa shape index (κ3) is 6.22. The van der Waals surface area contributed by atoms with Crippen LogP contribution in [0.15, 0.2) is 28.4 Å². The van der Waals surface area contributed by atoms with E-state index in [9.17, 15) is 4.79 Å². The molecular weight excluding hydrogens is 238 g/mol. The first-order valence-corrected chi connectivity index (χ1v) is 6.89. The lowest BCUT2D eigenvalue weighted by molar-refractivity contribution is 0.249. The molecule has 2 atom stereocenters. The van der Waals surface area contributed by atoms with Crippen LogP contribution in [0.3, 0.4) is 0 Å². The van der Waals surface area contributed by atoms with E-state index in [1.807, 2.05) is 0 Å². The van der Waals surface area contributed by atoms with Crippen LogP contribution in [-0.4, -0.2) is 12.2 Å². The maximum atomic E-state index is 10.5. The molecule has 0 aromatic rings. The summed E-state index contributed by atoms with van der Waals surface area (Å²) in [5.41, 5.74) is 10.1. The average Bonchev–Trinajstić information content (AvgIpc) is 2.31. The summed E-state index contributed by atoms with van der Waals surface area (Å²) in [4.78, 5) is 10.5. The van der Waals surface area contributed by atoms with Gasteiger partial charge in [0.2, 0.25) is 0 Å². The first kappa shape index (κ1) is 15.5. The predicted octanol–water partition coefficient (Wildman–Crippen LogP) is 3.36. The molecule has 0 aliphatic heterocycles. The summed E-state index contributed by atoms with van der Waals surface area (Å²) in [6, 6.07) is -0.613. The van der Waals surface area contributed by atoms with E-state index in [1.165, 1.54) is 11.1 Å². The summed E-state index contributed by atoms with van der Waals surface area (Å²) < 4.78 is 0. The van der Waals surface area contributed by atoms with Gasteiger partial charge in [0.05, 0.1) is 0 Å². The van der Waals surface area contributed by atoms with Crippen LogP contribution in [0, 0.1) is 11.8 Å². The highest BCUT2D eigenvalue weighted by molar-refractivity contribution is 5.73. The molecule has 4 nitrogen and oxygen atoms in total. The molecule has 19 heavy (non-hydrogen) atoms. The minimum Gasteiger partial charge on any atom is -0.350 e. The number of carbonyl (C=O) groups excluding carboxylic acids is 1. The van der Waals surface area contributed by atoms with Gasteiger partial charge in [-0.2, -0.15) is 5.10 Å². The number of allylic oxidation sites excluding steroid dienone is 4. The van der Waals surface area contributed by atoms with Gasteiger partial charge in [0.25, 0.3) is 0 Å². The van der Waals surface area contributed by atoms with Crippen LogP contribution < -0.4 is 11.2 Å². The van der Waals surface area contributed by atoms with Gasteiger partial charge in [-0.25, -0.2) is 10.2 Å². The zero-order valence-corrected chi connectivity index (χ0v) is 12.1. The van der Waals surface area contributed by atoms with Crippen molar-refractivity contribution < 1.29 is 4.79 Å². The minimum atomic E-state index is -0.613. The number of urea groups is 1. The largest absolute Gasteiger partial charge is 0.350 e. The lowest BCUT2D eigenvalue weighted by Crippen LogP contribution is -2.26. The lowest BCUT2D eigenvalue weighted by Gasteiger charge is -2.25. The Morgan fingerprint density at radius 2 is 2.32 bits per heavy atom. The SMILES string of the molecule is CC(C)=CCCC1=CC[C@@H](/C=N\NC(N)=O)[C@H](C)C1. The number of nitrogens with one attached hydrogen (secondary N) is 1. The van der Waals surface area contributed by atoms with E-state index in [2.05, 4.69) is 43.5 Å². The Balaban J connectivity index is 2.43. The average molecular weight is 263 g/mol. The second-order valence-electron chi connectivity index (χ2n) is 5.52. The zero-order chi connectivity index (χ0) is 14.3. The van der Waals surface area contributed by atoms with Gasteiger partial charge in [0, 0.05) is 12.1 Å². The fourth-order valence-corrected chi connectivity index (χ4v) is 2.34. The van der Waals surface area contributed by atoms with Gasteiger partial charge >= 0.3 is 6.03 Å². The summed E-state index contributed by atoms with van der Waals surface area (Å²) in [6.45, 7) is 6.50. The second kappa shape index (κ2) is 7.77. The number of nitrogens with two attached hydrogens (primary N) is 1. The molecule has 0 bridgehead atoms. The molecule has 0 spiro atoms. The standard InChI is InChI=1S/C15H25N3O/c1-11(2)5-4-6-13-7-8-14(12(3)9-13)10-17-18-15(16)19/h5,7,10,12,14H,4,6,8-9H2,1-3H3,(H3,16,18,19)/b17-10-/t12-,14+/m1/s1. The van der Waals surface area contributed by atoms with Crippen molar-refractivity contribution in [1.82, 2.24) is 5.43 Å². The molecule has 1 aliphatic carbocycles. The van der Waals surface area contributed by atoms with Crippen LogP contribution in [0.1, 0.15) is 46.5 Å². The topological polar surface area (TPSA) is 67.5 Å². The molecule has 0 radical (unpaired) electrons. The molecule has 3 N–H and O–H groups in total. The van der Waals surface area contributed by atoms with E-state index >= 15 is 0 Å². The number of rotatable bonds is 5. The molecule has 0 fully saturated rings. The van der Waals surface area contributed by atoms with Crippen molar-refractivity contribution in [2.75, 3.05) is 0 Å². The molecule has 0 saturated carbocycles. The minimum absolute atomic E-state index is 0.388. The Morgan fingerprint density at radius 1 is 1.58 bits per heavy atom. The summed E-state index contributed by atoms with van der Waals surface area (Å²) in [5.74, 6) is 0.948. The molecule has 106 valence electrons. The van der Waals surface area contributed by atoms with Crippen molar-refractivity contribution >= 4 is 12.2 Å². The highest BCUT2D eigenvalue weighted by Crippen LogP contribution is 2.30. The first-order valence-electron chi connectivity index (χ1n) is 6.89. The highest BCUT2D eigenvalue weighted by Gasteiger charge is 2.20. The van der Waals surface area contributed by atoms with E-state index in [0.29, 0.717) is 11.8 Å². The number of hydrogen-bond acceptors (Lipinski definition) is 2. The van der Waals surface area contributed by atoms with Gasteiger partial charge in [0.1, 0.15) is 0 Å². The maximum Gasteiger partial charge on any atom is 0.332 e. The highest BCUT2D eigenvalue weighted by atomic mass is 16.2. The van der Waals surface area contributed by atoms with Crippen molar-refractivity contribution in [3.63, 3.8) is 0 Å². The molecule has 0 heterocycles. The quantitative estimate of drug-likeness (QED) is 0.446. The summed E-state index contributed by atoms with van der Waals surface area (Å²) in [5, 5.41) is 3.87. The summed E-state index contributed by atoms with van der Waals surface area (Å²) >= 11 is 0. The Labute approximate surface area is 115 Å². The maximum absolute atomic E-state index is 10.5. The van der Waals surface area contributed by atoms with E-state index in [1.54, 1.807) is 6.21 Å². The summed E-state index contributed by atoms with van der Waals surface area (Å²) in [7, 11) is 0. The normalized spacial score (nSPS) is 23.0. The molecule has 0 saturated heterocycles. The summed E-state index contributed by atoms with van der Waals surface area (Å²) in [6.07, 6.45) is 10.8. The van der Waals surface area contributed by atoms with Gasteiger partial charge in [-0.15, -0.1) is 0 Å². The molecule has 1 rings (SSSR count). The fraction of sp³-hybridized carbons (Fsp3) is 0.600. The number of amides is 2. The predicted molar refractivity (Wildman–Crippen MR) is 79.8 cm³/mol. The molecule has 1 aliphatic rings. The molecule has 2 amide bonds. The number of carbonyl (C=O) groups is 1. The fourth-order valence-electron chi connectivity index (χ4n) is 2.34. The monoisotopic (exact) mass is 263 g/mol. The molecule has 0 aromatic heterocycles. The van der Waals surface area contributed by atoms with E-state index in [-0.39, 0.29) is 0 Å². The third-order valence-corrected chi connectivity index (χ3v) is 3.45.